The normalized spacial score (nSPS) is 11.8. The first kappa shape index (κ1) is 18.4. The molecule has 3 nitrogen and oxygen atoms in total. The van der Waals surface area contributed by atoms with Gasteiger partial charge in [-0.05, 0) is 55.2 Å². The quantitative estimate of drug-likeness (QED) is 0.724. The van der Waals surface area contributed by atoms with Crippen LogP contribution in [-0.2, 0) is 17.6 Å². The van der Waals surface area contributed by atoms with Gasteiger partial charge < -0.3 is 10.1 Å². The number of rotatable bonds is 7. The smallest absolute Gasteiger partial charge is 0.237 e. The standard InChI is InChI=1S/C20H25NO2S/c1-5-15-8-7-9-16(6-2)19(15)21-20(22)14(3)24-18-12-10-17(23-4)11-13-18/h7-14H,5-6H2,1-4H3,(H,21,22). The summed E-state index contributed by atoms with van der Waals surface area (Å²) in [5.41, 5.74) is 3.35. The average Bonchev–Trinajstić information content (AvgIpc) is 2.62. The van der Waals surface area contributed by atoms with Crippen molar-refractivity contribution in [1.82, 2.24) is 0 Å². The van der Waals surface area contributed by atoms with Crippen LogP contribution in [0.15, 0.2) is 47.4 Å². The van der Waals surface area contributed by atoms with Gasteiger partial charge in [-0.2, -0.15) is 0 Å². The molecule has 2 aromatic rings. The van der Waals surface area contributed by atoms with E-state index in [1.807, 2.05) is 31.2 Å². The summed E-state index contributed by atoms with van der Waals surface area (Å²) in [6, 6.07) is 14.0. The molecule has 0 aromatic heterocycles. The molecule has 1 unspecified atom stereocenters. The Hall–Kier alpha value is -1.94. The van der Waals surface area contributed by atoms with Crippen LogP contribution < -0.4 is 10.1 Å². The third-order valence-corrected chi connectivity index (χ3v) is 5.10. The van der Waals surface area contributed by atoms with Crippen LogP contribution in [0.4, 0.5) is 5.69 Å². The van der Waals surface area contributed by atoms with Gasteiger partial charge in [-0.1, -0.05) is 32.0 Å². The molecule has 0 radical (unpaired) electrons. The van der Waals surface area contributed by atoms with Gasteiger partial charge in [-0.25, -0.2) is 0 Å². The summed E-state index contributed by atoms with van der Waals surface area (Å²) in [6.45, 7) is 6.16. The van der Waals surface area contributed by atoms with E-state index in [-0.39, 0.29) is 11.2 Å². The highest BCUT2D eigenvalue weighted by Gasteiger charge is 2.17. The van der Waals surface area contributed by atoms with Gasteiger partial charge in [-0.15, -0.1) is 11.8 Å². The molecular formula is C20H25NO2S. The Balaban J connectivity index is 2.08. The molecule has 128 valence electrons. The van der Waals surface area contributed by atoms with Crippen LogP contribution in [0.5, 0.6) is 5.75 Å². The maximum atomic E-state index is 12.6. The van der Waals surface area contributed by atoms with Gasteiger partial charge in [0.05, 0.1) is 12.4 Å². The molecule has 0 saturated carbocycles. The van der Waals surface area contributed by atoms with E-state index in [4.69, 9.17) is 4.74 Å². The van der Waals surface area contributed by atoms with Crippen molar-refractivity contribution in [2.24, 2.45) is 0 Å². The summed E-state index contributed by atoms with van der Waals surface area (Å²) in [4.78, 5) is 13.7. The number of ether oxygens (including phenoxy) is 1. The molecule has 0 aliphatic carbocycles. The molecule has 0 aliphatic rings. The van der Waals surface area contributed by atoms with Crippen molar-refractivity contribution in [3.8, 4) is 5.75 Å². The molecule has 0 aliphatic heterocycles. The van der Waals surface area contributed by atoms with E-state index in [9.17, 15) is 4.79 Å². The zero-order valence-corrected chi connectivity index (χ0v) is 15.6. The molecule has 0 saturated heterocycles. The minimum absolute atomic E-state index is 0.0337. The van der Waals surface area contributed by atoms with E-state index in [0.717, 1.165) is 29.2 Å². The second-order valence-corrected chi connectivity index (χ2v) is 7.00. The van der Waals surface area contributed by atoms with Crippen molar-refractivity contribution in [2.45, 2.75) is 43.8 Å². The zero-order chi connectivity index (χ0) is 17.5. The van der Waals surface area contributed by atoms with Crippen molar-refractivity contribution < 1.29 is 9.53 Å². The molecule has 1 N–H and O–H groups in total. The molecule has 2 aromatic carbocycles. The molecule has 0 heterocycles. The third-order valence-electron chi connectivity index (χ3n) is 3.99. The van der Waals surface area contributed by atoms with Gasteiger partial charge in [0, 0.05) is 10.6 Å². The number of para-hydroxylation sites is 1. The number of carbonyl (C=O) groups is 1. The molecule has 0 bridgehead atoms. The number of carbonyl (C=O) groups excluding carboxylic acids is 1. The Bertz CT molecular complexity index is 660. The molecule has 1 atom stereocenters. The molecule has 0 fully saturated rings. The van der Waals surface area contributed by atoms with E-state index in [1.165, 1.54) is 11.1 Å². The van der Waals surface area contributed by atoms with E-state index >= 15 is 0 Å². The lowest BCUT2D eigenvalue weighted by Crippen LogP contribution is -2.23. The van der Waals surface area contributed by atoms with E-state index in [1.54, 1.807) is 18.9 Å². The second-order valence-electron chi connectivity index (χ2n) is 5.58. The van der Waals surface area contributed by atoms with E-state index in [2.05, 4.69) is 37.4 Å². The van der Waals surface area contributed by atoms with E-state index in [0.29, 0.717) is 0 Å². The highest BCUT2D eigenvalue weighted by Crippen LogP contribution is 2.28. The number of hydrogen-bond donors (Lipinski definition) is 1. The van der Waals surface area contributed by atoms with Gasteiger partial charge in [0.1, 0.15) is 5.75 Å². The maximum absolute atomic E-state index is 12.6. The lowest BCUT2D eigenvalue weighted by molar-refractivity contribution is -0.115. The first-order valence-corrected chi connectivity index (χ1v) is 9.19. The number of benzene rings is 2. The number of hydrogen-bond acceptors (Lipinski definition) is 3. The number of nitrogens with one attached hydrogen (secondary N) is 1. The van der Waals surface area contributed by atoms with E-state index < -0.39 is 0 Å². The lowest BCUT2D eigenvalue weighted by atomic mass is 10.0. The molecule has 1 amide bonds. The maximum Gasteiger partial charge on any atom is 0.237 e. The minimum Gasteiger partial charge on any atom is -0.497 e. The summed E-state index contributed by atoms with van der Waals surface area (Å²) >= 11 is 1.55. The van der Waals surface area contributed by atoms with Gasteiger partial charge in [0.15, 0.2) is 0 Å². The number of aryl methyl sites for hydroxylation is 2. The first-order chi connectivity index (χ1) is 11.6. The van der Waals surface area contributed by atoms with Crippen LogP contribution in [0, 0.1) is 0 Å². The summed E-state index contributed by atoms with van der Waals surface area (Å²) in [5.74, 6) is 0.854. The predicted octanol–water partition coefficient (Wildman–Crippen LogP) is 4.94. The summed E-state index contributed by atoms with van der Waals surface area (Å²) in [7, 11) is 1.65. The SMILES string of the molecule is CCc1cccc(CC)c1NC(=O)C(C)Sc1ccc(OC)cc1. The Morgan fingerprint density at radius 3 is 2.17 bits per heavy atom. The number of methoxy groups -OCH3 is 1. The largest absolute Gasteiger partial charge is 0.497 e. The number of thioether (sulfide) groups is 1. The van der Waals surface area contributed by atoms with Gasteiger partial charge >= 0.3 is 0 Å². The summed E-state index contributed by atoms with van der Waals surface area (Å²) < 4.78 is 5.16. The highest BCUT2D eigenvalue weighted by atomic mass is 32.2. The molecule has 4 heteroatoms. The van der Waals surface area contributed by atoms with Crippen molar-refractivity contribution in [2.75, 3.05) is 12.4 Å². The van der Waals surface area contributed by atoms with Crippen LogP contribution in [-0.4, -0.2) is 18.3 Å². The van der Waals surface area contributed by atoms with Crippen LogP contribution in [0.25, 0.3) is 0 Å². The summed E-state index contributed by atoms with van der Waals surface area (Å²) in [5, 5.41) is 2.97. The fraction of sp³-hybridized carbons (Fsp3) is 0.350. The van der Waals surface area contributed by atoms with Gasteiger partial charge in [-0.3, -0.25) is 4.79 Å². The predicted molar refractivity (Wildman–Crippen MR) is 102 cm³/mol. The monoisotopic (exact) mass is 343 g/mol. The van der Waals surface area contributed by atoms with Crippen LogP contribution in [0.1, 0.15) is 31.9 Å². The molecule has 0 spiro atoms. The Labute approximate surface area is 148 Å². The van der Waals surface area contributed by atoms with Crippen molar-refractivity contribution >= 4 is 23.4 Å². The van der Waals surface area contributed by atoms with Crippen LogP contribution in [0.2, 0.25) is 0 Å². The first-order valence-electron chi connectivity index (χ1n) is 8.31. The molecule has 24 heavy (non-hydrogen) atoms. The number of amides is 1. The topological polar surface area (TPSA) is 38.3 Å². The zero-order valence-electron chi connectivity index (χ0n) is 14.8. The fourth-order valence-corrected chi connectivity index (χ4v) is 3.41. The Morgan fingerprint density at radius 1 is 1.08 bits per heavy atom. The average molecular weight is 343 g/mol. The van der Waals surface area contributed by atoms with Crippen molar-refractivity contribution in [3.05, 3.63) is 53.6 Å². The minimum atomic E-state index is -0.173. The lowest BCUT2D eigenvalue weighted by Gasteiger charge is -2.17. The van der Waals surface area contributed by atoms with Crippen molar-refractivity contribution in [1.29, 1.82) is 0 Å². The van der Waals surface area contributed by atoms with Gasteiger partial charge in [0.25, 0.3) is 0 Å². The number of anilines is 1. The third kappa shape index (κ3) is 4.54. The Kier molecular flexibility index (Phi) is 6.73. The summed E-state index contributed by atoms with van der Waals surface area (Å²) in [6.07, 6.45) is 1.81. The second kappa shape index (κ2) is 8.78. The highest BCUT2D eigenvalue weighted by molar-refractivity contribution is 8.00. The fourth-order valence-electron chi connectivity index (χ4n) is 2.54. The van der Waals surface area contributed by atoms with Gasteiger partial charge in [0.2, 0.25) is 5.91 Å². The van der Waals surface area contributed by atoms with Crippen molar-refractivity contribution in [3.63, 3.8) is 0 Å². The van der Waals surface area contributed by atoms with Crippen LogP contribution >= 0.6 is 11.8 Å². The molecular weight excluding hydrogens is 318 g/mol. The Morgan fingerprint density at radius 2 is 1.67 bits per heavy atom. The molecule has 2 rings (SSSR count). The van der Waals surface area contributed by atoms with Crippen LogP contribution in [0.3, 0.4) is 0 Å².